The largest absolute Gasteiger partial charge is 0.375 e. The molecule has 3 heterocycles. The maximum atomic E-state index is 11.8. The van der Waals surface area contributed by atoms with Crippen molar-refractivity contribution in [1.82, 2.24) is 9.88 Å². The molecule has 4 heteroatoms. The summed E-state index contributed by atoms with van der Waals surface area (Å²) < 4.78 is 5.49. The third kappa shape index (κ3) is 1.60. The summed E-state index contributed by atoms with van der Waals surface area (Å²) in [6.07, 6.45) is 3.25. The zero-order valence-electron chi connectivity index (χ0n) is 8.48. The Morgan fingerprint density at radius 1 is 1.67 bits per heavy atom. The monoisotopic (exact) mass is 206 g/mol. The zero-order chi connectivity index (χ0) is 10.3. The Morgan fingerprint density at radius 3 is 3.20 bits per heavy atom. The van der Waals surface area contributed by atoms with Crippen LogP contribution in [0.2, 0.25) is 0 Å². The van der Waals surface area contributed by atoms with E-state index in [4.69, 9.17) is 4.74 Å². The molecule has 1 aromatic heterocycles. The first kappa shape index (κ1) is 9.12. The van der Waals surface area contributed by atoms with Gasteiger partial charge in [-0.15, -0.1) is 0 Å². The quantitative estimate of drug-likeness (QED) is 0.739. The number of H-pyrrole nitrogens is 1. The minimum Gasteiger partial charge on any atom is -0.375 e. The standard InChI is InChI=1S/C11H14N2O2/c14-11(10-2-1-3-12-10)6-13-5-9-4-8(13)7-15-9/h1-3,8-9,12H,4-7H2. The van der Waals surface area contributed by atoms with Crippen LogP contribution < -0.4 is 0 Å². The Balaban J connectivity index is 1.64. The van der Waals surface area contributed by atoms with Gasteiger partial charge in [-0.25, -0.2) is 0 Å². The van der Waals surface area contributed by atoms with E-state index >= 15 is 0 Å². The number of nitrogens with one attached hydrogen (secondary N) is 1. The summed E-state index contributed by atoms with van der Waals surface area (Å²) >= 11 is 0. The van der Waals surface area contributed by atoms with Crippen LogP contribution in [0.1, 0.15) is 16.9 Å². The molecule has 0 saturated carbocycles. The van der Waals surface area contributed by atoms with Gasteiger partial charge in [-0.1, -0.05) is 0 Å². The predicted molar refractivity (Wildman–Crippen MR) is 54.8 cm³/mol. The highest BCUT2D eigenvalue weighted by molar-refractivity contribution is 5.95. The van der Waals surface area contributed by atoms with Gasteiger partial charge in [-0.3, -0.25) is 9.69 Å². The fourth-order valence-electron chi connectivity index (χ4n) is 2.45. The lowest BCUT2D eigenvalue weighted by atomic mass is 10.2. The molecule has 1 N–H and O–H groups in total. The summed E-state index contributed by atoms with van der Waals surface area (Å²) in [4.78, 5) is 17.0. The minimum absolute atomic E-state index is 0.174. The van der Waals surface area contributed by atoms with Gasteiger partial charge in [0.05, 0.1) is 24.9 Å². The van der Waals surface area contributed by atoms with Crippen molar-refractivity contribution in [2.24, 2.45) is 0 Å². The fraction of sp³-hybridized carbons (Fsp3) is 0.545. The van der Waals surface area contributed by atoms with Gasteiger partial charge in [0, 0.05) is 18.8 Å². The van der Waals surface area contributed by atoms with Crippen molar-refractivity contribution in [3.05, 3.63) is 24.0 Å². The number of nitrogens with zero attached hydrogens (tertiary/aromatic N) is 1. The van der Waals surface area contributed by atoms with Crippen LogP contribution in [0, 0.1) is 0 Å². The SMILES string of the molecule is O=C(CN1CC2CC1CO2)c1ccc[nH]1. The average Bonchev–Trinajstić information content (AvgIpc) is 2.95. The highest BCUT2D eigenvalue weighted by atomic mass is 16.5. The molecule has 0 spiro atoms. The van der Waals surface area contributed by atoms with E-state index in [-0.39, 0.29) is 5.78 Å². The van der Waals surface area contributed by atoms with E-state index in [1.54, 1.807) is 6.20 Å². The maximum Gasteiger partial charge on any atom is 0.192 e. The van der Waals surface area contributed by atoms with E-state index in [9.17, 15) is 4.79 Å². The summed E-state index contributed by atoms with van der Waals surface area (Å²) in [6, 6.07) is 4.15. The molecule has 1 aromatic rings. The number of carbonyl (C=O) groups excluding carboxylic acids is 1. The van der Waals surface area contributed by atoms with Crippen LogP contribution in [0.4, 0.5) is 0 Å². The van der Waals surface area contributed by atoms with E-state index in [1.807, 2.05) is 12.1 Å². The van der Waals surface area contributed by atoms with Crippen molar-refractivity contribution in [2.45, 2.75) is 18.6 Å². The lowest BCUT2D eigenvalue weighted by Gasteiger charge is -2.25. The summed E-state index contributed by atoms with van der Waals surface area (Å²) in [5.74, 6) is 0.174. The second-order valence-electron chi connectivity index (χ2n) is 4.28. The predicted octanol–water partition coefficient (Wildman–Crippen LogP) is 0.670. The summed E-state index contributed by atoms with van der Waals surface area (Å²) in [5, 5.41) is 0. The number of carbonyl (C=O) groups is 1. The molecule has 3 rings (SSSR count). The van der Waals surface area contributed by atoms with Gasteiger partial charge in [0.15, 0.2) is 5.78 Å². The van der Waals surface area contributed by atoms with Crippen LogP contribution in [0.5, 0.6) is 0 Å². The van der Waals surface area contributed by atoms with Crippen molar-refractivity contribution in [3.8, 4) is 0 Å². The Labute approximate surface area is 88.2 Å². The molecule has 0 amide bonds. The molecule has 2 aliphatic heterocycles. The number of fused-ring (bicyclic) bond motifs is 2. The Hall–Kier alpha value is -1.13. The third-order valence-corrected chi connectivity index (χ3v) is 3.26. The van der Waals surface area contributed by atoms with Crippen LogP contribution >= 0.6 is 0 Å². The number of aromatic amines is 1. The van der Waals surface area contributed by atoms with Crippen LogP contribution in [0.15, 0.2) is 18.3 Å². The third-order valence-electron chi connectivity index (χ3n) is 3.26. The average molecular weight is 206 g/mol. The molecule has 2 saturated heterocycles. The van der Waals surface area contributed by atoms with E-state index in [2.05, 4.69) is 9.88 Å². The molecule has 0 radical (unpaired) electrons. The summed E-state index contributed by atoms with van der Waals surface area (Å²) in [7, 11) is 0. The van der Waals surface area contributed by atoms with Gasteiger partial charge >= 0.3 is 0 Å². The normalized spacial score (nSPS) is 29.9. The molecule has 0 aliphatic carbocycles. The van der Waals surface area contributed by atoms with Gasteiger partial charge in [0.1, 0.15) is 0 Å². The highest BCUT2D eigenvalue weighted by Crippen LogP contribution is 2.27. The van der Waals surface area contributed by atoms with E-state index in [0.717, 1.165) is 19.6 Å². The first-order valence-corrected chi connectivity index (χ1v) is 5.35. The van der Waals surface area contributed by atoms with E-state index in [1.165, 1.54) is 0 Å². The first-order chi connectivity index (χ1) is 7.33. The van der Waals surface area contributed by atoms with E-state index < -0.39 is 0 Å². The Kier molecular flexibility index (Phi) is 2.11. The van der Waals surface area contributed by atoms with E-state index in [0.29, 0.717) is 24.4 Å². The molecular weight excluding hydrogens is 192 g/mol. The molecule has 2 unspecified atom stereocenters. The number of ketones is 1. The van der Waals surface area contributed by atoms with Crippen molar-refractivity contribution in [1.29, 1.82) is 0 Å². The van der Waals surface area contributed by atoms with Crippen LogP contribution in [-0.2, 0) is 4.74 Å². The molecule has 0 aromatic carbocycles. The highest BCUT2D eigenvalue weighted by Gasteiger charge is 2.39. The Morgan fingerprint density at radius 2 is 2.60 bits per heavy atom. The zero-order valence-corrected chi connectivity index (χ0v) is 8.48. The molecule has 2 aliphatic rings. The molecular formula is C11H14N2O2. The van der Waals surface area contributed by atoms with Gasteiger partial charge in [-0.2, -0.15) is 0 Å². The second-order valence-corrected chi connectivity index (χ2v) is 4.28. The summed E-state index contributed by atoms with van der Waals surface area (Å²) in [5.41, 5.74) is 0.707. The fourth-order valence-corrected chi connectivity index (χ4v) is 2.45. The number of aromatic nitrogens is 1. The van der Waals surface area contributed by atoms with Gasteiger partial charge in [-0.05, 0) is 18.6 Å². The van der Waals surface area contributed by atoms with Crippen LogP contribution in [0.25, 0.3) is 0 Å². The number of Topliss-reactive ketones (excluding diaryl/α,β-unsaturated/α-hetero) is 1. The minimum atomic E-state index is 0.174. The molecule has 4 nitrogen and oxygen atoms in total. The molecule has 2 bridgehead atoms. The molecule has 2 atom stereocenters. The van der Waals surface area contributed by atoms with Crippen LogP contribution in [-0.4, -0.2) is 47.5 Å². The second kappa shape index (κ2) is 3.47. The summed E-state index contributed by atoms with van der Waals surface area (Å²) in [6.45, 7) is 2.23. The number of likely N-dealkylation sites (tertiary alicyclic amines) is 1. The van der Waals surface area contributed by atoms with Crippen molar-refractivity contribution >= 4 is 5.78 Å². The Bertz CT molecular complexity index is 361. The van der Waals surface area contributed by atoms with Gasteiger partial charge < -0.3 is 9.72 Å². The van der Waals surface area contributed by atoms with Crippen molar-refractivity contribution in [3.63, 3.8) is 0 Å². The van der Waals surface area contributed by atoms with Crippen molar-refractivity contribution in [2.75, 3.05) is 19.7 Å². The van der Waals surface area contributed by atoms with Gasteiger partial charge in [0.2, 0.25) is 0 Å². The maximum absolute atomic E-state index is 11.8. The topological polar surface area (TPSA) is 45.3 Å². The molecule has 80 valence electrons. The lowest BCUT2D eigenvalue weighted by molar-refractivity contribution is 0.0306. The number of hydrogen-bond donors (Lipinski definition) is 1. The number of ether oxygens (including phenoxy) is 1. The smallest absolute Gasteiger partial charge is 0.192 e. The molecule has 2 fully saturated rings. The van der Waals surface area contributed by atoms with Crippen molar-refractivity contribution < 1.29 is 9.53 Å². The van der Waals surface area contributed by atoms with Crippen LogP contribution in [0.3, 0.4) is 0 Å². The first-order valence-electron chi connectivity index (χ1n) is 5.35. The lowest BCUT2D eigenvalue weighted by Crippen LogP contribution is -2.40. The number of morpholine rings is 1. The molecule has 15 heavy (non-hydrogen) atoms. The number of hydrogen-bond acceptors (Lipinski definition) is 3. The van der Waals surface area contributed by atoms with Gasteiger partial charge in [0.25, 0.3) is 0 Å². The number of rotatable bonds is 3.